The van der Waals surface area contributed by atoms with Gasteiger partial charge >= 0.3 is 12.1 Å². The fraction of sp³-hybridized carbons (Fsp3) is 0.562. The van der Waals surface area contributed by atoms with E-state index in [1.54, 1.807) is 0 Å². The van der Waals surface area contributed by atoms with Crippen molar-refractivity contribution in [3.05, 3.63) is 28.7 Å². The Bertz CT molecular complexity index is 597. The molecular formula is C16H19F3N2O3. The van der Waals surface area contributed by atoms with Crippen molar-refractivity contribution in [2.24, 2.45) is 17.0 Å². The van der Waals surface area contributed by atoms with Crippen LogP contribution in [0.25, 0.3) is 0 Å². The standard InChI is InChI=1S/C16H19F3N2O3/c1-24-15(22)11-4-2-10(3-5-11)9-20-14-8-12(16(17,18)19)6-7-13(14)21-23/h6-8,10-11,20H,2-5,9H2,1H3. The van der Waals surface area contributed by atoms with Gasteiger partial charge in [0.1, 0.15) is 5.69 Å². The third kappa shape index (κ3) is 4.46. The highest BCUT2D eigenvalue weighted by molar-refractivity contribution is 5.72. The van der Waals surface area contributed by atoms with Gasteiger partial charge in [0, 0.05) is 6.54 Å². The van der Waals surface area contributed by atoms with Gasteiger partial charge in [0.25, 0.3) is 0 Å². The van der Waals surface area contributed by atoms with E-state index >= 15 is 0 Å². The van der Waals surface area contributed by atoms with E-state index in [1.165, 1.54) is 7.11 Å². The molecule has 0 aliphatic heterocycles. The second-order valence-corrected chi connectivity index (χ2v) is 5.94. The minimum Gasteiger partial charge on any atom is -0.469 e. The molecule has 1 aliphatic rings. The Labute approximate surface area is 137 Å². The minimum absolute atomic E-state index is 0.0498. The molecule has 0 amide bonds. The van der Waals surface area contributed by atoms with Crippen LogP contribution in [0.5, 0.6) is 0 Å². The summed E-state index contributed by atoms with van der Waals surface area (Å²) in [6.45, 7) is 0.428. The Morgan fingerprint density at radius 2 is 1.96 bits per heavy atom. The highest BCUT2D eigenvalue weighted by atomic mass is 19.4. The zero-order valence-corrected chi connectivity index (χ0v) is 13.2. The molecule has 0 saturated heterocycles. The number of carbonyl (C=O) groups is 1. The lowest BCUT2D eigenvalue weighted by atomic mass is 9.82. The van der Waals surface area contributed by atoms with Crippen molar-refractivity contribution >= 4 is 17.3 Å². The van der Waals surface area contributed by atoms with Crippen LogP contribution >= 0.6 is 0 Å². The third-order valence-electron chi connectivity index (χ3n) is 4.38. The van der Waals surface area contributed by atoms with Gasteiger partial charge < -0.3 is 10.1 Å². The summed E-state index contributed by atoms with van der Waals surface area (Å²) in [5.74, 6) is -0.0984. The second kappa shape index (κ2) is 7.63. The predicted octanol–water partition coefficient (Wildman–Crippen LogP) is 4.49. The number of esters is 1. The number of methoxy groups -OCH3 is 1. The first-order valence-corrected chi connectivity index (χ1v) is 7.71. The molecule has 24 heavy (non-hydrogen) atoms. The second-order valence-electron chi connectivity index (χ2n) is 5.94. The Morgan fingerprint density at radius 1 is 1.29 bits per heavy atom. The van der Waals surface area contributed by atoms with Crippen molar-refractivity contribution in [2.45, 2.75) is 31.9 Å². The van der Waals surface area contributed by atoms with Crippen LogP contribution < -0.4 is 5.32 Å². The first-order chi connectivity index (χ1) is 11.3. The summed E-state index contributed by atoms with van der Waals surface area (Å²) >= 11 is 0. The number of halogens is 3. The van der Waals surface area contributed by atoms with E-state index in [1.807, 2.05) is 0 Å². The lowest BCUT2D eigenvalue weighted by Gasteiger charge is -2.27. The highest BCUT2D eigenvalue weighted by Crippen LogP contribution is 2.36. The van der Waals surface area contributed by atoms with Crippen LogP contribution in [0.1, 0.15) is 31.2 Å². The number of nitroso groups, excluding NO2 is 1. The van der Waals surface area contributed by atoms with E-state index in [-0.39, 0.29) is 29.2 Å². The van der Waals surface area contributed by atoms with Gasteiger partial charge in [-0.15, -0.1) is 4.91 Å². The number of alkyl halides is 3. The Hall–Kier alpha value is -2.12. The number of nitrogens with one attached hydrogen (secondary N) is 1. The summed E-state index contributed by atoms with van der Waals surface area (Å²) in [4.78, 5) is 22.2. The van der Waals surface area contributed by atoms with Gasteiger partial charge in [-0.2, -0.15) is 13.2 Å². The number of anilines is 1. The number of ether oxygens (including phenoxy) is 1. The smallest absolute Gasteiger partial charge is 0.416 e. The first kappa shape index (κ1) is 18.2. The van der Waals surface area contributed by atoms with Gasteiger partial charge in [0.05, 0.1) is 24.3 Å². The van der Waals surface area contributed by atoms with Crippen molar-refractivity contribution in [3.8, 4) is 0 Å². The zero-order valence-electron chi connectivity index (χ0n) is 13.2. The molecule has 1 aromatic rings. The zero-order chi connectivity index (χ0) is 17.7. The van der Waals surface area contributed by atoms with Crippen molar-refractivity contribution in [2.75, 3.05) is 19.0 Å². The molecule has 0 atom stereocenters. The van der Waals surface area contributed by atoms with E-state index in [4.69, 9.17) is 4.74 Å². The maximum atomic E-state index is 12.8. The van der Waals surface area contributed by atoms with Gasteiger partial charge in [0.15, 0.2) is 0 Å². The lowest BCUT2D eigenvalue weighted by Crippen LogP contribution is -2.26. The molecule has 0 bridgehead atoms. The number of nitrogens with zero attached hydrogens (tertiary/aromatic N) is 1. The maximum Gasteiger partial charge on any atom is 0.416 e. The lowest BCUT2D eigenvalue weighted by molar-refractivity contribution is -0.146. The molecule has 0 heterocycles. The van der Waals surface area contributed by atoms with Gasteiger partial charge in [-0.25, -0.2) is 0 Å². The van der Waals surface area contributed by atoms with Crippen LogP contribution in [-0.4, -0.2) is 19.6 Å². The van der Waals surface area contributed by atoms with Gasteiger partial charge in [-0.3, -0.25) is 4.79 Å². The summed E-state index contributed by atoms with van der Waals surface area (Å²) in [6, 6.07) is 2.80. The molecule has 1 aliphatic carbocycles. The summed E-state index contributed by atoms with van der Waals surface area (Å²) < 4.78 is 43.0. The van der Waals surface area contributed by atoms with E-state index in [2.05, 4.69) is 10.5 Å². The molecule has 8 heteroatoms. The third-order valence-corrected chi connectivity index (χ3v) is 4.38. The maximum absolute atomic E-state index is 12.8. The monoisotopic (exact) mass is 344 g/mol. The molecule has 2 rings (SSSR count). The Morgan fingerprint density at radius 3 is 2.50 bits per heavy atom. The van der Waals surface area contributed by atoms with Crippen molar-refractivity contribution < 1.29 is 22.7 Å². The van der Waals surface area contributed by atoms with Gasteiger partial charge in [-0.1, -0.05) is 0 Å². The summed E-state index contributed by atoms with van der Waals surface area (Å²) in [7, 11) is 1.36. The summed E-state index contributed by atoms with van der Waals surface area (Å²) in [5.41, 5.74) is -0.798. The molecule has 1 N–H and O–H groups in total. The number of hydrogen-bond acceptors (Lipinski definition) is 5. The van der Waals surface area contributed by atoms with E-state index < -0.39 is 11.7 Å². The molecule has 0 spiro atoms. The SMILES string of the molecule is COC(=O)C1CCC(CNc2cc(C(F)(F)F)ccc2N=O)CC1. The van der Waals surface area contributed by atoms with Crippen LogP contribution in [0.3, 0.4) is 0 Å². The molecule has 5 nitrogen and oxygen atoms in total. The Balaban J connectivity index is 1.97. The largest absolute Gasteiger partial charge is 0.469 e. The fourth-order valence-electron chi connectivity index (χ4n) is 2.96. The van der Waals surface area contributed by atoms with Crippen LogP contribution in [0, 0.1) is 16.7 Å². The average molecular weight is 344 g/mol. The van der Waals surface area contributed by atoms with E-state index in [9.17, 15) is 22.9 Å². The van der Waals surface area contributed by atoms with E-state index in [0.717, 1.165) is 31.0 Å². The van der Waals surface area contributed by atoms with Crippen molar-refractivity contribution in [1.82, 2.24) is 0 Å². The fourth-order valence-corrected chi connectivity index (χ4v) is 2.96. The van der Waals surface area contributed by atoms with E-state index in [0.29, 0.717) is 19.4 Å². The van der Waals surface area contributed by atoms with Crippen LogP contribution in [0.2, 0.25) is 0 Å². The molecule has 1 fully saturated rings. The number of hydrogen-bond donors (Lipinski definition) is 1. The molecule has 0 aromatic heterocycles. The minimum atomic E-state index is -4.48. The number of rotatable bonds is 5. The molecule has 1 saturated carbocycles. The first-order valence-electron chi connectivity index (χ1n) is 7.71. The molecule has 132 valence electrons. The van der Waals surface area contributed by atoms with Crippen molar-refractivity contribution in [3.63, 3.8) is 0 Å². The molecule has 0 unspecified atom stereocenters. The molecule has 0 radical (unpaired) electrons. The molecule has 1 aromatic carbocycles. The predicted molar refractivity (Wildman–Crippen MR) is 82.9 cm³/mol. The Kier molecular flexibility index (Phi) is 5.80. The molecular weight excluding hydrogens is 325 g/mol. The summed E-state index contributed by atoms with van der Waals surface area (Å²) in [6.07, 6.45) is -1.54. The van der Waals surface area contributed by atoms with Crippen LogP contribution in [0.15, 0.2) is 23.4 Å². The average Bonchev–Trinajstić information content (AvgIpc) is 2.58. The number of benzene rings is 1. The van der Waals surface area contributed by atoms with Gasteiger partial charge in [0.2, 0.25) is 0 Å². The van der Waals surface area contributed by atoms with Crippen LogP contribution in [-0.2, 0) is 15.7 Å². The van der Waals surface area contributed by atoms with Crippen LogP contribution in [0.4, 0.5) is 24.5 Å². The quantitative estimate of drug-likeness (QED) is 0.631. The van der Waals surface area contributed by atoms with Crippen molar-refractivity contribution in [1.29, 1.82) is 0 Å². The summed E-state index contributed by atoms with van der Waals surface area (Å²) in [5, 5.41) is 5.66. The van der Waals surface area contributed by atoms with Gasteiger partial charge in [-0.05, 0) is 55.0 Å². The number of carbonyl (C=O) groups excluding carboxylic acids is 1. The topological polar surface area (TPSA) is 67.8 Å². The normalized spacial score (nSPS) is 21.2. The highest BCUT2D eigenvalue weighted by Gasteiger charge is 2.31.